The van der Waals surface area contributed by atoms with Gasteiger partial charge in [-0.15, -0.1) is 5.10 Å². The molecule has 1 aromatic carbocycles. The Morgan fingerprint density at radius 1 is 1.33 bits per heavy atom. The Kier molecular flexibility index (Phi) is 4.17. The molecule has 1 heterocycles. The van der Waals surface area contributed by atoms with E-state index in [1.807, 2.05) is 0 Å². The van der Waals surface area contributed by atoms with Crippen molar-refractivity contribution in [3.63, 3.8) is 0 Å². The summed E-state index contributed by atoms with van der Waals surface area (Å²) in [4.78, 5) is 28.6. The first kappa shape index (κ1) is 14.5. The highest BCUT2D eigenvalue weighted by Gasteiger charge is 2.15. The predicted octanol–water partition coefficient (Wildman–Crippen LogP) is 0.310. The number of nitrogen functional groups attached to an aromatic ring is 1. The van der Waals surface area contributed by atoms with Gasteiger partial charge < -0.3 is 15.4 Å². The number of carbonyl (C=O) groups is 2. The van der Waals surface area contributed by atoms with Gasteiger partial charge in [0.15, 0.2) is 0 Å². The molecule has 2 rings (SSSR count). The molecule has 1 aromatic heterocycles. The normalized spacial score (nSPS) is 10.2. The lowest BCUT2D eigenvalue weighted by Gasteiger charge is -2.17. The van der Waals surface area contributed by atoms with E-state index in [0.29, 0.717) is 11.4 Å². The Morgan fingerprint density at radius 3 is 2.62 bits per heavy atom. The van der Waals surface area contributed by atoms with Gasteiger partial charge in [-0.3, -0.25) is 4.79 Å². The molecule has 0 saturated carbocycles. The maximum absolute atomic E-state index is 12.1. The second kappa shape index (κ2) is 6.04. The zero-order valence-corrected chi connectivity index (χ0v) is 11.7. The van der Waals surface area contributed by atoms with E-state index < -0.39 is 5.97 Å². The average molecular weight is 289 g/mol. The molecule has 0 aliphatic heterocycles. The van der Waals surface area contributed by atoms with Crippen LogP contribution in [-0.4, -0.2) is 40.8 Å². The maximum Gasteiger partial charge on any atom is 0.377 e. The van der Waals surface area contributed by atoms with Gasteiger partial charge in [-0.05, 0) is 24.3 Å². The highest BCUT2D eigenvalue weighted by molar-refractivity contribution is 5.92. The molecule has 2 aromatic rings. The average Bonchev–Trinajstić information content (AvgIpc) is 2.95. The van der Waals surface area contributed by atoms with E-state index in [4.69, 9.17) is 5.73 Å². The summed E-state index contributed by atoms with van der Waals surface area (Å²) < 4.78 is 5.78. The molecule has 0 atom stereocenters. The molecule has 0 spiro atoms. The monoisotopic (exact) mass is 289 g/mol. The molecular weight excluding hydrogens is 274 g/mol. The minimum atomic E-state index is -0.645. The molecular formula is C13H15N5O3. The van der Waals surface area contributed by atoms with Crippen LogP contribution in [0.3, 0.4) is 0 Å². The number of nitrogens with two attached hydrogens (primary N) is 1. The summed E-state index contributed by atoms with van der Waals surface area (Å²) >= 11 is 0. The van der Waals surface area contributed by atoms with Crippen LogP contribution in [0, 0.1) is 0 Å². The number of hydrogen-bond donors (Lipinski definition) is 1. The first-order valence-corrected chi connectivity index (χ1v) is 6.11. The first-order chi connectivity index (χ1) is 10.0. The fraction of sp³-hybridized carbons (Fsp3) is 0.231. The SMILES string of the molecule is COC(=O)c1ncn(CC(=O)N(C)c2ccc(N)cc2)n1. The fourth-order valence-corrected chi connectivity index (χ4v) is 1.64. The van der Waals surface area contributed by atoms with E-state index in [1.165, 1.54) is 23.0 Å². The van der Waals surface area contributed by atoms with E-state index in [1.54, 1.807) is 31.3 Å². The van der Waals surface area contributed by atoms with E-state index >= 15 is 0 Å². The van der Waals surface area contributed by atoms with Crippen molar-refractivity contribution in [1.29, 1.82) is 0 Å². The van der Waals surface area contributed by atoms with E-state index in [9.17, 15) is 9.59 Å². The lowest BCUT2D eigenvalue weighted by atomic mass is 10.2. The zero-order valence-electron chi connectivity index (χ0n) is 11.7. The Balaban J connectivity index is 2.05. The van der Waals surface area contributed by atoms with Crippen molar-refractivity contribution in [1.82, 2.24) is 14.8 Å². The number of amides is 1. The molecule has 0 bridgehead atoms. The van der Waals surface area contributed by atoms with Crippen molar-refractivity contribution in [3.05, 3.63) is 36.4 Å². The van der Waals surface area contributed by atoms with Crippen molar-refractivity contribution in [2.75, 3.05) is 24.8 Å². The van der Waals surface area contributed by atoms with Crippen molar-refractivity contribution < 1.29 is 14.3 Å². The maximum atomic E-state index is 12.1. The van der Waals surface area contributed by atoms with Gasteiger partial charge in [0.2, 0.25) is 5.91 Å². The van der Waals surface area contributed by atoms with E-state index in [2.05, 4.69) is 14.8 Å². The number of benzene rings is 1. The Bertz CT molecular complexity index is 650. The molecule has 110 valence electrons. The van der Waals surface area contributed by atoms with Crippen LogP contribution >= 0.6 is 0 Å². The molecule has 8 nitrogen and oxygen atoms in total. The fourth-order valence-electron chi connectivity index (χ4n) is 1.64. The van der Waals surface area contributed by atoms with E-state index in [0.717, 1.165) is 0 Å². The van der Waals surface area contributed by atoms with Gasteiger partial charge in [0.05, 0.1) is 7.11 Å². The minimum Gasteiger partial charge on any atom is -0.463 e. The van der Waals surface area contributed by atoms with Crippen LogP contribution in [0.2, 0.25) is 0 Å². The molecule has 0 fully saturated rings. The summed E-state index contributed by atoms with van der Waals surface area (Å²) in [6.45, 7) is -0.0368. The number of rotatable bonds is 4. The van der Waals surface area contributed by atoms with Crippen molar-refractivity contribution in [2.24, 2.45) is 0 Å². The largest absolute Gasteiger partial charge is 0.463 e. The quantitative estimate of drug-likeness (QED) is 0.641. The molecule has 0 aliphatic carbocycles. The number of nitrogens with zero attached hydrogens (tertiary/aromatic N) is 4. The molecule has 2 N–H and O–H groups in total. The third-order valence-electron chi connectivity index (χ3n) is 2.86. The summed E-state index contributed by atoms with van der Waals surface area (Å²) in [6, 6.07) is 6.91. The smallest absolute Gasteiger partial charge is 0.377 e. The first-order valence-electron chi connectivity index (χ1n) is 6.11. The summed E-state index contributed by atoms with van der Waals surface area (Å²) in [7, 11) is 2.88. The number of aromatic nitrogens is 3. The van der Waals surface area contributed by atoms with Gasteiger partial charge in [-0.25, -0.2) is 14.5 Å². The third kappa shape index (κ3) is 3.35. The van der Waals surface area contributed by atoms with Gasteiger partial charge in [0.1, 0.15) is 12.9 Å². The zero-order chi connectivity index (χ0) is 15.4. The lowest BCUT2D eigenvalue weighted by Crippen LogP contribution is -2.30. The molecule has 21 heavy (non-hydrogen) atoms. The Morgan fingerprint density at radius 2 is 2.00 bits per heavy atom. The Hall–Kier alpha value is -2.90. The van der Waals surface area contributed by atoms with Crippen LogP contribution in [0.25, 0.3) is 0 Å². The lowest BCUT2D eigenvalue weighted by molar-refractivity contribution is -0.119. The van der Waals surface area contributed by atoms with Gasteiger partial charge in [0.25, 0.3) is 5.82 Å². The molecule has 0 aliphatic rings. The number of hydrogen-bond acceptors (Lipinski definition) is 6. The van der Waals surface area contributed by atoms with Crippen LogP contribution in [0.4, 0.5) is 11.4 Å². The van der Waals surface area contributed by atoms with Gasteiger partial charge in [-0.2, -0.15) is 0 Å². The molecule has 0 saturated heterocycles. The highest BCUT2D eigenvalue weighted by Crippen LogP contribution is 2.15. The van der Waals surface area contributed by atoms with Gasteiger partial charge in [-0.1, -0.05) is 0 Å². The number of methoxy groups -OCH3 is 1. The van der Waals surface area contributed by atoms with Crippen LogP contribution < -0.4 is 10.6 Å². The van der Waals surface area contributed by atoms with Crippen LogP contribution in [0.15, 0.2) is 30.6 Å². The second-order valence-electron chi connectivity index (χ2n) is 4.30. The topological polar surface area (TPSA) is 103 Å². The molecule has 0 unspecified atom stereocenters. The van der Waals surface area contributed by atoms with Crippen molar-refractivity contribution in [3.8, 4) is 0 Å². The van der Waals surface area contributed by atoms with Crippen molar-refractivity contribution >= 4 is 23.3 Å². The standard InChI is InChI=1S/C13H15N5O3/c1-17(10-5-3-9(14)4-6-10)11(19)7-18-8-15-12(16-18)13(20)21-2/h3-6,8H,7,14H2,1-2H3. The van der Waals surface area contributed by atoms with E-state index in [-0.39, 0.29) is 18.3 Å². The van der Waals surface area contributed by atoms with Gasteiger partial charge in [0, 0.05) is 18.4 Å². The van der Waals surface area contributed by atoms with Crippen molar-refractivity contribution in [2.45, 2.75) is 6.54 Å². The van der Waals surface area contributed by atoms with Crippen LogP contribution in [-0.2, 0) is 16.1 Å². The molecule has 8 heteroatoms. The molecule has 0 radical (unpaired) electrons. The summed E-state index contributed by atoms with van der Waals surface area (Å²) in [5.41, 5.74) is 6.94. The second-order valence-corrected chi connectivity index (χ2v) is 4.30. The van der Waals surface area contributed by atoms with Crippen LogP contribution in [0.1, 0.15) is 10.6 Å². The predicted molar refractivity (Wildman–Crippen MR) is 75.6 cm³/mol. The molecule has 1 amide bonds. The summed E-state index contributed by atoms with van der Waals surface area (Å²) in [6.07, 6.45) is 1.31. The van der Waals surface area contributed by atoms with Gasteiger partial charge >= 0.3 is 5.97 Å². The Labute approximate surface area is 121 Å². The number of esters is 1. The number of carbonyl (C=O) groups excluding carboxylic acids is 2. The third-order valence-corrected chi connectivity index (χ3v) is 2.86. The summed E-state index contributed by atoms with van der Waals surface area (Å²) in [5.74, 6) is -0.936. The number of anilines is 2. The number of likely N-dealkylation sites (N-methyl/N-ethyl adjacent to an activating group) is 1. The number of ether oxygens (including phenoxy) is 1. The summed E-state index contributed by atoms with van der Waals surface area (Å²) in [5, 5.41) is 3.87. The highest BCUT2D eigenvalue weighted by atomic mass is 16.5. The minimum absolute atomic E-state index is 0.0368. The van der Waals surface area contributed by atoms with Crippen LogP contribution in [0.5, 0.6) is 0 Å².